The van der Waals surface area contributed by atoms with E-state index in [1.54, 1.807) is 0 Å². The van der Waals surface area contributed by atoms with Crippen LogP contribution in [0.2, 0.25) is 0 Å². The first-order valence-electron chi connectivity index (χ1n) is 9.32. The molecule has 0 saturated heterocycles. The van der Waals surface area contributed by atoms with Gasteiger partial charge in [-0.1, -0.05) is 83.4 Å². The molecule has 0 fully saturated rings. The van der Waals surface area contributed by atoms with E-state index in [1.165, 1.54) is 77.7 Å². The lowest BCUT2D eigenvalue weighted by Crippen LogP contribution is -1.99. The highest BCUT2D eigenvalue weighted by Crippen LogP contribution is 2.13. The van der Waals surface area contributed by atoms with Crippen LogP contribution in [0.25, 0.3) is 0 Å². The number of methoxy groups -OCH3 is 1. The molecule has 0 bridgehead atoms. The second kappa shape index (κ2) is 24.5. The van der Waals surface area contributed by atoms with Gasteiger partial charge in [0.25, 0.3) is 0 Å². The third kappa shape index (κ3) is 26.2. The molecule has 0 saturated carbocycles. The summed E-state index contributed by atoms with van der Waals surface area (Å²) in [4.78, 5) is 19.5. The van der Waals surface area contributed by atoms with Crippen molar-refractivity contribution in [1.82, 2.24) is 4.72 Å². The van der Waals surface area contributed by atoms with Crippen LogP contribution < -0.4 is 10.5 Å². The normalized spacial score (nSPS) is 9.92. The lowest BCUT2D eigenvalue weighted by molar-refractivity contribution is -0.140. The van der Waals surface area contributed by atoms with Gasteiger partial charge in [-0.15, -0.1) is 0 Å². The number of thiol groups is 1. The topological polar surface area (TPSA) is 81.4 Å². The van der Waals surface area contributed by atoms with Crippen LogP contribution >= 0.6 is 12.8 Å². The van der Waals surface area contributed by atoms with Gasteiger partial charge in [0.15, 0.2) is 0 Å². The molecular weight excluding hydrogens is 324 g/mol. The van der Waals surface area contributed by atoms with Gasteiger partial charge in [-0.2, -0.15) is 0 Å². The Labute approximate surface area is 154 Å². The summed E-state index contributed by atoms with van der Waals surface area (Å²) in [5, 5.41) is 0. The highest BCUT2D eigenvalue weighted by Gasteiger charge is 1.99. The van der Waals surface area contributed by atoms with Crippen LogP contribution in [-0.2, 0) is 14.3 Å². The number of carbonyl (C=O) groups excluding carboxylic acids is 2. The molecule has 144 valence electrons. The molecule has 5 nitrogen and oxygen atoms in total. The summed E-state index contributed by atoms with van der Waals surface area (Å²) < 4.78 is 7.51. The van der Waals surface area contributed by atoms with Crippen LogP contribution in [0.4, 0.5) is 0 Å². The third-order valence-corrected chi connectivity index (χ3v) is 4.12. The number of hydrogen-bond donors (Lipinski definition) is 3. The number of rotatable bonds is 16. The zero-order valence-electron chi connectivity index (χ0n) is 15.4. The fraction of sp³-hybridized carbons (Fsp3) is 0.889. The van der Waals surface area contributed by atoms with Crippen molar-refractivity contribution < 1.29 is 14.3 Å². The Kier molecular flexibility index (Phi) is 26.0. The lowest BCUT2D eigenvalue weighted by Gasteiger charge is -2.03. The monoisotopic (exact) mass is 362 g/mol. The summed E-state index contributed by atoms with van der Waals surface area (Å²) in [6.07, 6.45) is 17.8. The second-order valence-corrected chi connectivity index (χ2v) is 6.28. The van der Waals surface area contributed by atoms with Crippen molar-refractivity contribution in [2.75, 3.05) is 13.7 Å². The Morgan fingerprint density at radius 2 is 1.21 bits per heavy atom. The van der Waals surface area contributed by atoms with Gasteiger partial charge in [0.1, 0.15) is 0 Å². The van der Waals surface area contributed by atoms with E-state index in [0.29, 0.717) is 6.42 Å². The fourth-order valence-corrected chi connectivity index (χ4v) is 2.68. The van der Waals surface area contributed by atoms with Gasteiger partial charge in [-0.05, 0) is 12.8 Å². The molecule has 0 unspecified atom stereocenters. The summed E-state index contributed by atoms with van der Waals surface area (Å²) in [6, 6.07) is 0. The van der Waals surface area contributed by atoms with Crippen molar-refractivity contribution in [3.05, 3.63) is 0 Å². The molecule has 0 radical (unpaired) electrons. The van der Waals surface area contributed by atoms with Crippen molar-refractivity contribution >= 4 is 25.2 Å². The standard InChI is InChI=1S/C17H35NO2S.CH3NO/c1-20-17(19)15-13-11-9-7-5-3-2-4-6-8-10-12-14-16-18-21;2-1-3/h18,21H,2-16H2,1H3;1H,(H2,2,3). The number of nitrogens with two attached hydrogens (primary N) is 1. The molecule has 0 atom stereocenters. The molecule has 0 aromatic heterocycles. The number of nitrogens with one attached hydrogen (secondary N) is 1. The van der Waals surface area contributed by atoms with Gasteiger partial charge in [-0.3, -0.25) is 14.3 Å². The van der Waals surface area contributed by atoms with Crippen LogP contribution in [0.1, 0.15) is 89.9 Å². The number of ether oxygens (including phenoxy) is 1. The van der Waals surface area contributed by atoms with Gasteiger partial charge in [0.2, 0.25) is 6.41 Å². The molecule has 0 rings (SSSR count). The minimum Gasteiger partial charge on any atom is -0.469 e. The number of carbonyl (C=O) groups is 2. The van der Waals surface area contributed by atoms with Gasteiger partial charge in [-0.25, -0.2) is 0 Å². The van der Waals surface area contributed by atoms with Crippen LogP contribution in [0.15, 0.2) is 0 Å². The van der Waals surface area contributed by atoms with Crippen molar-refractivity contribution in [1.29, 1.82) is 0 Å². The summed E-state index contributed by atoms with van der Waals surface area (Å²) in [6.45, 7) is 1.03. The van der Waals surface area contributed by atoms with Crippen LogP contribution in [0, 0.1) is 0 Å². The number of primary amides is 1. The quantitative estimate of drug-likeness (QED) is 0.167. The molecule has 3 N–H and O–H groups in total. The van der Waals surface area contributed by atoms with Crippen LogP contribution in [-0.4, -0.2) is 26.0 Å². The first-order chi connectivity index (χ1) is 11.7. The van der Waals surface area contributed by atoms with E-state index in [4.69, 9.17) is 4.79 Å². The maximum Gasteiger partial charge on any atom is 0.305 e. The van der Waals surface area contributed by atoms with Gasteiger partial charge in [0, 0.05) is 13.0 Å². The van der Waals surface area contributed by atoms with Crippen molar-refractivity contribution in [3.8, 4) is 0 Å². The Morgan fingerprint density at radius 3 is 1.54 bits per heavy atom. The average molecular weight is 363 g/mol. The number of esters is 1. The third-order valence-electron chi connectivity index (χ3n) is 3.90. The molecule has 0 aromatic carbocycles. The summed E-state index contributed by atoms with van der Waals surface area (Å²) in [5.41, 5.74) is 4.17. The zero-order chi connectivity index (χ0) is 18.3. The molecule has 0 spiro atoms. The molecule has 0 aliphatic heterocycles. The molecule has 24 heavy (non-hydrogen) atoms. The van der Waals surface area contributed by atoms with E-state index < -0.39 is 0 Å². The number of hydrogen-bond acceptors (Lipinski definition) is 5. The maximum absolute atomic E-state index is 10.9. The van der Waals surface area contributed by atoms with Gasteiger partial charge < -0.3 is 10.5 Å². The Hall–Kier alpha value is -0.750. The van der Waals surface area contributed by atoms with E-state index in [0.717, 1.165) is 19.4 Å². The van der Waals surface area contributed by atoms with E-state index in [-0.39, 0.29) is 12.4 Å². The fourth-order valence-electron chi connectivity index (χ4n) is 2.52. The first kappa shape index (κ1) is 25.5. The molecule has 6 heteroatoms. The molecule has 1 amide bonds. The van der Waals surface area contributed by atoms with Crippen LogP contribution in [0.5, 0.6) is 0 Å². The van der Waals surface area contributed by atoms with Crippen molar-refractivity contribution in [2.45, 2.75) is 89.9 Å². The van der Waals surface area contributed by atoms with E-state index in [9.17, 15) is 4.79 Å². The van der Waals surface area contributed by atoms with E-state index in [1.807, 2.05) is 0 Å². The average Bonchev–Trinajstić information content (AvgIpc) is 2.58. The van der Waals surface area contributed by atoms with Gasteiger partial charge >= 0.3 is 5.97 Å². The lowest BCUT2D eigenvalue weighted by atomic mass is 10.0. The van der Waals surface area contributed by atoms with Gasteiger partial charge in [0.05, 0.1) is 7.11 Å². The largest absolute Gasteiger partial charge is 0.469 e. The first-order valence-corrected chi connectivity index (χ1v) is 9.76. The van der Waals surface area contributed by atoms with Crippen LogP contribution in [0.3, 0.4) is 0 Å². The summed E-state index contributed by atoms with van der Waals surface area (Å²) in [7, 11) is 1.46. The highest BCUT2D eigenvalue weighted by atomic mass is 32.1. The molecule has 0 heterocycles. The summed E-state index contributed by atoms with van der Waals surface area (Å²) in [5.74, 6) is -0.0723. The number of amides is 1. The number of unbranched alkanes of at least 4 members (excludes halogenated alkanes) is 12. The zero-order valence-corrected chi connectivity index (χ0v) is 16.3. The Balaban J connectivity index is 0. The predicted molar refractivity (Wildman–Crippen MR) is 104 cm³/mol. The minimum atomic E-state index is -0.0723. The maximum atomic E-state index is 10.9. The molecule has 0 aliphatic rings. The predicted octanol–water partition coefficient (Wildman–Crippen LogP) is 4.16. The molecular formula is C18H38N2O3S. The van der Waals surface area contributed by atoms with Crippen molar-refractivity contribution in [2.24, 2.45) is 5.73 Å². The highest BCUT2D eigenvalue weighted by molar-refractivity contribution is 7.78. The van der Waals surface area contributed by atoms with E-state index >= 15 is 0 Å². The molecule has 0 aliphatic carbocycles. The molecule has 0 aromatic rings. The smallest absolute Gasteiger partial charge is 0.305 e. The van der Waals surface area contributed by atoms with Crippen molar-refractivity contribution in [3.63, 3.8) is 0 Å². The van der Waals surface area contributed by atoms with E-state index in [2.05, 4.69) is 28.0 Å². The Bertz CT molecular complexity index is 267. The minimum absolute atomic E-state index is 0.0723. The Morgan fingerprint density at radius 1 is 0.875 bits per heavy atom. The second-order valence-electron chi connectivity index (χ2n) is 5.97. The summed E-state index contributed by atoms with van der Waals surface area (Å²) >= 11 is 3.98. The SMILES string of the molecule is COC(=O)CCCCCCCCCCCCCCCNS.NC=O.